The van der Waals surface area contributed by atoms with Crippen molar-refractivity contribution in [2.75, 3.05) is 38.7 Å². The number of pyridine rings is 1. The summed E-state index contributed by atoms with van der Waals surface area (Å²) in [6, 6.07) is 8.78. The smallest absolute Gasteiger partial charge is 0.243 e. The molecule has 31 heavy (non-hydrogen) atoms. The number of sulfonamides is 1. The molecule has 9 heteroatoms. The third kappa shape index (κ3) is 5.61. The summed E-state index contributed by atoms with van der Waals surface area (Å²) in [5, 5.41) is 2.87. The molecule has 0 unspecified atom stereocenters. The van der Waals surface area contributed by atoms with Gasteiger partial charge in [-0.2, -0.15) is 4.31 Å². The van der Waals surface area contributed by atoms with Crippen LogP contribution in [0.5, 0.6) is 5.88 Å². The quantitative estimate of drug-likeness (QED) is 0.625. The minimum atomic E-state index is -3.58. The number of hydrogen-bond donors (Lipinski definition) is 1. The van der Waals surface area contributed by atoms with Gasteiger partial charge in [0.25, 0.3) is 0 Å². The zero-order chi connectivity index (χ0) is 22.4. The fraction of sp³-hybridized carbons (Fsp3) is 0.455. The van der Waals surface area contributed by atoms with Crippen LogP contribution in [0.3, 0.4) is 0 Å². The second-order valence-corrected chi connectivity index (χ2v) is 9.54. The number of aromatic nitrogens is 1. The number of nitrogens with one attached hydrogen (secondary N) is 1. The topological polar surface area (TPSA) is 97.8 Å². The van der Waals surface area contributed by atoms with E-state index in [0.717, 1.165) is 11.1 Å². The number of aryl methyl sites for hydroxylation is 2. The number of ether oxygens (including phenoxy) is 2. The molecule has 2 aromatic rings. The standard InChI is InChI=1S/C22H29N3O5S/c1-16-6-7-20(17(2)15-16)31(27,28)25-11-8-18(9-12-25)21(26)24-19-5-4-10-23-22(19)30-14-13-29-3/h4-7,10,15,18H,8-9,11-14H2,1-3H3,(H,24,26). The van der Waals surface area contributed by atoms with E-state index in [2.05, 4.69) is 10.3 Å². The van der Waals surface area contributed by atoms with Crippen LogP contribution >= 0.6 is 0 Å². The minimum Gasteiger partial charge on any atom is -0.474 e. The molecule has 1 saturated heterocycles. The molecule has 0 spiro atoms. The SMILES string of the molecule is COCCOc1ncccc1NC(=O)C1CCN(S(=O)(=O)c2ccc(C)cc2C)CC1. The number of amides is 1. The summed E-state index contributed by atoms with van der Waals surface area (Å²) in [4.78, 5) is 17.3. The maximum Gasteiger partial charge on any atom is 0.243 e. The van der Waals surface area contributed by atoms with E-state index in [1.165, 1.54) is 4.31 Å². The van der Waals surface area contributed by atoms with Crippen LogP contribution in [0.1, 0.15) is 24.0 Å². The van der Waals surface area contributed by atoms with E-state index in [1.807, 2.05) is 13.0 Å². The molecule has 0 atom stereocenters. The molecular formula is C22H29N3O5S. The lowest BCUT2D eigenvalue weighted by Gasteiger charge is -2.31. The summed E-state index contributed by atoms with van der Waals surface area (Å²) in [7, 11) is -2.00. The molecule has 0 saturated carbocycles. The molecule has 1 aliphatic heterocycles. The van der Waals surface area contributed by atoms with Gasteiger partial charge in [-0.3, -0.25) is 4.79 Å². The first-order valence-electron chi connectivity index (χ1n) is 10.3. The monoisotopic (exact) mass is 447 g/mol. The van der Waals surface area contributed by atoms with Crippen LogP contribution in [0, 0.1) is 19.8 Å². The van der Waals surface area contributed by atoms with Crippen LogP contribution in [-0.2, 0) is 19.6 Å². The van der Waals surface area contributed by atoms with Gasteiger partial charge in [0.1, 0.15) is 12.3 Å². The predicted molar refractivity (Wildman–Crippen MR) is 118 cm³/mol. The van der Waals surface area contributed by atoms with Crippen molar-refractivity contribution >= 4 is 21.6 Å². The highest BCUT2D eigenvalue weighted by Gasteiger charge is 2.33. The summed E-state index contributed by atoms with van der Waals surface area (Å²) in [5.41, 5.74) is 2.25. The van der Waals surface area contributed by atoms with E-state index in [1.54, 1.807) is 44.5 Å². The molecule has 168 valence electrons. The van der Waals surface area contributed by atoms with Gasteiger partial charge in [-0.25, -0.2) is 13.4 Å². The van der Waals surface area contributed by atoms with Crippen molar-refractivity contribution in [2.45, 2.75) is 31.6 Å². The summed E-state index contributed by atoms with van der Waals surface area (Å²) < 4.78 is 38.1. The van der Waals surface area contributed by atoms with Crippen LogP contribution in [-0.4, -0.2) is 57.0 Å². The number of carbonyl (C=O) groups excluding carboxylic acids is 1. The average Bonchev–Trinajstić information content (AvgIpc) is 2.75. The van der Waals surface area contributed by atoms with Crippen molar-refractivity contribution in [1.82, 2.24) is 9.29 Å². The van der Waals surface area contributed by atoms with Crippen LogP contribution in [0.15, 0.2) is 41.4 Å². The molecule has 1 aromatic heterocycles. The van der Waals surface area contributed by atoms with E-state index in [9.17, 15) is 13.2 Å². The van der Waals surface area contributed by atoms with Gasteiger partial charge in [-0.1, -0.05) is 17.7 Å². The first-order chi connectivity index (χ1) is 14.8. The van der Waals surface area contributed by atoms with Crippen LogP contribution in [0.25, 0.3) is 0 Å². The highest BCUT2D eigenvalue weighted by molar-refractivity contribution is 7.89. The second kappa shape index (κ2) is 10.2. The van der Waals surface area contributed by atoms with Gasteiger partial charge >= 0.3 is 0 Å². The van der Waals surface area contributed by atoms with Gasteiger partial charge in [0, 0.05) is 32.3 Å². The molecule has 1 aliphatic rings. The normalized spacial score (nSPS) is 15.6. The highest BCUT2D eigenvalue weighted by atomic mass is 32.2. The third-order valence-corrected chi connectivity index (χ3v) is 7.39. The van der Waals surface area contributed by atoms with E-state index in [-0.39, 0.29) is 11.8 Å². The van der Waals surface area contributed by atoms with Crippen molar-refractivity contribution in [2.24, 2.45) is 5.92 Å². The van der Waals surface area contributed by atoms with Gasteiger partial charge in [-0.15, -0.1) is 0 Å². The molecular weight excluding hydrogens is 418 g/mol. The van der Waals surface area contributed by atoms with Gasteiger partial charge in [-0.05, 0) is 50.5 Å². The van der Waals surface area contributed by atoms with Crippen LogP contribution in [0.4, 0.5) is 5.69 Å². The molecule has 8 nitrogen and oxygen atoms in total. The molecule has 2 heterocycles. The summed E-state index contributed by atoms with van der Waals surface area (Å²) >= 11 is 0. The van der Waals surface area contributed by atoms with Crippen molar-refractivity contribution < 1.29 is 22.7 Å². The lowest BCUT2D eigenvalue weighted by Crippen LogP contribution is -2.41. The number of rotatable bonds is 8. The molecule has 1 aromatic carbocycles. The molecule has 1 amide bonds. The number of methoxy groups -OCH3 is 1. The molecule has 0 aliphatic carbocycles. The second-order valence-electron chi connectivity index (χ2n) is 7.63. The lowest BCUT2D eigenvalue weighted by atomic mass is 9.97. The van der Waals surface area contributed by atoms with Crippen molar-refractivity contribution in [1.29, 1.82) is 0 Å². The Bertz CT molecular complexity index is 1020. The van der Waals surface area contributed by atoms with E-state index >= 15 is 0 Å². The Morgan fingerprint density at radius 3 is 2.61 bits per heavy atom. The number of benzene rings is 1. The van der Waals surface area contributed by atoms with E-state index < -0.39 is 10.0 Å². The zero-order valence-corrected chi connectivity index (χ0v) is 18.9. The van der Waals surface area contributed by atoms with Crippen molar-refractivity contribution in [3.05, 3.63) is 47.7 Å². The Kier molecular flexibility index (Phi) is 7.64. The van der Waals surface area contributed by atoms with Crippen LogP contribution in [0.2, 0.25) is 0 Å². The number of piperidine rings is 1. The lowest BCUT2D eigenvalue weighted by molar-refractivity contribution is -0.120. The Morgan fingerprint density at radius 1 is 1.19 bits per heavy atom. The summed E-state index contributed by atoms with van der Waals surface area (Å²) in [6.45, 7) is 5.09. The molecule has 1 fully saturated rings. The van der Waals surface area contributed by atoms with Crippen LogP contribution < -0.4 is 10.1 Å². The Hall–Kier alpha value is -2.49. The number of carbonyl (C=O) groups is 1. The fourth-order valence-electron chi connectivity index (χ4n) is 3.64. The zero-order valence-electron chi connectivity index (χ0n) is 18.1. The third-order valence-electron chi connectivity index (χ3n) is 5.33. The molecule has 0 bridgehead atoms. The van der Waals surface area contributed by atoms with Crippen molar-refractivity contribution in [3.8, 4) is 5.88 Å². The molecule has 1 N–H and O–H groups in total. The number of nitrogens with zero attached hydrogens (tertiary/aromatic N) is 2. The average molecular weight is 448 g/mol. The highest BCUT2D eigenvalue weighted by Crippen LogP contribution is 2.28. The molecule has 3 rings (SSSR count). The number of hydrogen-bond acceptors (Lipinski definition) is 6. The maximum atomic E-state index is 13.0. The van der Waals surface area contributed by atoms with Gasteiger partial charge < -0.3 is 14.8 Å². The van der Waals surface area contributed by atoms with Gasteiger partial charge in [0.05, 0.1) is 11.5 Å². The molecule has 0 radical (unpaired) electrons. The summed E-state index contributed by atoms with van der Waals surface area (Å²) in [5.74, 6) is -0.103. The van der Waals surface area contributed by atoms with Gasteiger partial charge in [0.2, 0.25) is 21.8 Å². The Labute approximate surface area is 183 Å². The first kappa shape index (κ1) is 23.2. The van der Waals surface area contributed by atoms with Gasteiger partial charge in [0.15, 0.2) is 0 Å². The summed E-state index contributed by atoms with van der Waals surface area (Å²) in [6.07, 6.45) is 2.50. The first-order valence-corrected chi connectivity index (χ1v) is 11.7. The largest absolute Gasteiger partial charge is 0.474 e. The van der Waals surface area contributed by atoms with Crippen molar-refractivity contribution in [3.63, 3.8) is 0 Å². The Morgan fingerprint density at radius 2 is 1.94 bits per heavy atom. The predicted octanol–water partition coefficient (Wildman–Crippen LogP) is 2.76. The maximum absolute atomic E-state index is 13.0. The minimum absolute atomic E-state index is 0.159. The Balaban J connectivity index is 1.61. The number of anilines is 1. The van der Waals surface area contributed by atoms with E-state index in [0.29, 0.717) is 55.6 Å². The van der Waals surface area contributed by atoms with E-state index in [4.69, 9.17) is 9.47 Å². The fourth-order valence-corrected chi connectivity index (χ4v) is 5.32.